The first-order valence-electron chi connectivity index (χ1n) is 5.61. The first-order chi connectivity index (χ1) is 7.76. The molecule has 0 aromatic carbocycles. The fourth-order valence-corrected chi connectivity index (χ4v) is 2.98. The molecule has 1 aliphatic heterocycles. The topological polar surface area (TPSA) is 49.5 Å². The van der Waals surface area contributed by atoms with Crippen LogP contribution in [0.25, 0.3) is 0 Å². The highest BCUT2D eigenvalue weighted by Gasteiger charge is 2.28. The lowest BCUT2D eigenvalue weighted by atomic mass is 10.5. The Balaban J connectivity index is 1.98. The molecule has 0 amide bonds. The van der Waals surface area contributed by atoms with Crippen LogP contribution in [-0.2, 0) is 23.7 Å². The van der Waals surface area contributed by atoms with Gasteiger partial charge in [-0.25, -0.2) is 0 Å². The monoisotopic (exact) mass is 250 g/mol. The third-order valence-electron chi connectivity index (χ3n) is 2.66. The minimum absolute atomic E-state index is 0.355. The molecular weight excluding hydrogens is 228 g/mol. The van der Waals surface area contributed by atoms with E-state index in [1.165, 1.54) is 0 Å². The molecule has 1 saturated heterocycles. The third-order valence-corrected chi connectivity index (χ3v) is 4.99. The number of methoxy groups -OCH3 is 3. The van der Waals surface area contributed by atoms with Crippen molar-refractivity contribution in [1.29, 1.82) is 0 Å². The summed E-state index contributed by atoms with van der Waals surface area (Å²) in [6.45, 7) is 2.36. The van der Waals surface area contributed by atoms with Gasteiger partial charge >= 0.3 is 0 Å². The molecule has 5 nitrogen and oxygen atoms in total. The summed E-state index contributed by atoms with van der Waals surface area (Å²) in [7, 11) is 4.24. The molecule has 1 heterocycles. The van der Waals surface area contributed by atoms with Gasteiger partial charge in [-0.2, -0.15) is 0 Å². The number of epoxide rings is 1. The molecule has 6 heteroatoms. The zero-order valence-electron chi connectivity index (χ0n) is 10.4. The van der Waals surface area contributed by atoms with E-state index in [1.807, 2.05) is 0 Å². The Hall–Kier alpha value is 0.0169. The van der Waals surface area contributed by atoms with E-state index in [0.717, 1.165) is 32.3 Å². The van der Waals surface area contributed by atoms with Gasteiger partial charge in [0.15, 0.2) is 0 Å². The Kier molecular flexibility index (Phi) is 6.48. The lowest BCUT2D eigenvalue weighted by Gasteiger charge is -2.28. The number of ether oxygens (including phenoxy) is 5. The van der Waals surface area contributed by atoms with Crippen molar-refractivity contribution < 1.29 is 23.7 Å². The van der Waals surface area contributed by atoms with Crippen LogP contribution in [-0.4, -0.2) is 62.4 Å². The number of rotatable bonds is 10. The lowest BCUT2D eigenvalue weighted by Crippen LogP contribution is -2.42. The molecule has 1 unspecified atom stereocenters. The van der Waals surface area contributed by atoms with Gasteiger partial charge in [0, 0.05) is 27.9 Å². The second-order valence-corrected chi connectivity index (χ2v) is 5.86. The van der Waals surface area contributed by atoms with E-state index in [4.69, 9.17) is 23.7 Å². The van der Waals surface area contributed by atoms with Gasteiger partial charge in [0.1, 0.15) is 15.6 Å². The van der Waals surface area contributed by atoms with Crippen molar-refractivity contribution in [1.82, 2.24) is 0 Å². The first kappa shape index (κ1) is 14.1. The smallest absolute Gasteiger partial charge is 0.248 e. The summed E-state index contributed by atoms with van der Waals surface area (Å²) in [5, 5.41) is 0. The van der Waals surface area contributed by atoms with Crippen LogP contribution in [0.1, 0.15) is 6.42 Å². The molecule has 0 saturated carbocycles. The van der Waals surface area contributed by atoms with E-state index < -0.39 is 15.1 Å². The van der Waals surface area contributed by atoms with E-state index in [0.29, 0.717) is 6.10 Å². The number of hydrogen-bond donors (Lipinski definition) is 0. The van der Waals surface area contributed by atoms with Crippen LogP contribution >= 0.6 is 0 Å². The molecule has 1 rings (SSSR count). The highest BCUT2D eigenvalue weighted by molar-refractivity contribution is 6.38. The van der Waals surface area contributed by atoms with Gasteiger partial charge in [0.05, 0.1) is 13.2 Å². The van der Waals surface area contributed by atoms with Crippen molar-refractivity contribution >= 4 is 9.52 Å². The maximum Gasteiger partial charge on any atom is 0.248 e. The molecule has 16 heavy (non-hydrogen) atoms. The van der Waals surface area contributed by atoms with Gasteiger partial charge in [0.2, 0.25) is 5.60 Å². The highest BCUT2D eigenvalue weighted by Crippen LogP contribution is 2.13. The maximum absolute atomic E-state index is 5.45. The Morgan fingerprint density at radius 3 is 2.38 bits per heavy atom. The Bertz CT molecular complexity index is 174. The lowest BCUT2D eigenvalue weighted by molar-refractivity contribution is -0.294. The largest absolute Gasteiger partial charge is 0.379 e. The summed E-state index contributed by atoms with van der Waals surface area (Å²) in [5.74, 6) is 0. The fourth-order valence-electron chi connectivity index (χ4n) is 1.48. The number of hydrogen-bond acceptors (Lipinski definition) is 5. The van der Waals surface area contributed by atoms with Crippen molar-refractivity contribution in [3.05, 3.63) is 0 Å². The zero-order valence-corrected chi connectivity index (χ0v) is 11.8. The predicted octanol–water partition coefficient (Wildman–Crippen LogP) is -0.0705. The van der Waals surface area contributed by atoms with Gasteiger partial charge in [-0.15, -0.1) is 0 Å². The summed E-state index contributed by atoms with van der Waals surface area (Å²) in [5.41, 5.74) is -0.764. The van der Waals surface area contributed by atoms with Crippen LogP contribution in [0.4, 0.5) is 0 Å². The van der Waals surface area contributed by atoms with Crippen molar-refractivity contribution in [2.45, 2.75) is 24.2 Å². The molecule has 96 valence electrons. The van der Waals surface area contributed by atoms with Crippen molar-refractivity contribution in [2.24, 2.45) is 0 Å². The van der Waals surface area contributed by atoms with Gasteiger partial charge < -0.3 is 23.7 Å². The predicted molar refractivity (Wildman–Crippen MR) is 62.3 cm³/mol. The fraction of sp³-hybridized carbons (Fsp3) is 1.00. The zero-order chi connectivity index (χ0) is 11.9. The summed E-state index contributed by atoms with van der Waals surface area (Å²) in [4.78, 5) is 0. The summed E-state index contributed by atoms with van der Waals surface area (Å²) in [6, 6.07) is 1.07. The molecule has 1 fully saturated rings. The Morgan fingerprint density at radius 1 is 1.25 bits per heavy atom. The van der Waals surface area contributed by atoms with Crippen LogP contribution in [0.5, 0.6) is 0 Å². The maximum atomic E-state index is 5.45. The van der Waals surface area contributed by atoms with E-state index in [-0.39, 0.29) is 0 Å². The standard InChI is InChI=1S/C10H22O5Si/c1-11-10(12-2,13-3)16-6-4-5-14-7-9-8-15-9/h9H,4-8,16H2,1-3H3. The first-order valence-corrected chi connectivity index (χ1v) is 7.32. The molecule has 0 aromatic rings. The molecule has 1 aliphatic rings. The minimum atomic E-state index is -0.764. The van der Waals surface area contributed by atoms with Crippen molar-refractivity contribution in [2.75, 3.05) is 41.2 Å². The van der Waals surface area contributed by atoms with Gasteiger partial charge in [-0.3, -0.25) is 0 Å². The van der Waals surface area contributed by atoms with E-state index in [2.05, 4.69) is 0 Å². The molecule has 0 aliphatic carbocycles. The third kappa shape index (κ3) is 4.90. The minimum Gasteiger partial charge on any atom is -0.379 e. The quantitative estimate of drug-likeness (QED) is 0.235. The van der Waals surface area contributed by atoms with Gasteiger partial charge in [-0.05, 0) is 6.42 Å². The molecule has 0 spiro atoms. The summed E-state index contributed by atoms with van der Waals surface area (Å²) < 4.78 is 26.2. The Morgan fingerprint density at radius 2 is 1.88 bits per heavy atom. The molecule has 0 radical (unpaired) electrons. The van der Waals surface area contributed by atoms with Crippen LogP contribution < -0.4 is 0 Å². The van der Waals surface area contributed by atoms with Crippen LogP contribution in [0.3, 0.4) is 0 Å². The molecule has 1 atom stereocenters. The average Bonchev–Trinajstić information content (AvgIpc) is 3.13. The summed E-state index contributed by atoms with van der Waals surface area (Å²) in [6.07, 6.45) is 1.38. The van der Waals surface area contributed by atoms with Crippen molar-refractivity contribution in [3.8, 4) is 0 Å². The molecule has 0 aromatic heterocycles. The second-order valence-electron chi connectivity index (χ2n) is 3.78. The highest BCUT2D eigenvalue weighted by atomic mass is 28.2. The Labute approximate surface area is 99.2 Å². The SMILES string of the molecule is COC(OC)(OC)[SiH2]CCCOCC1CO1. The van der Waals surface area contributed by atoms with E-state index in [9.17, 15) is 0 Å². The second kappa shape index (κ2) is 7.36. The molecular formula is C10H22O5Si. The van der Waals surface area contributed by atoms with Crippen LogP contribution in [0.15, 0.2) is 0 Å². The normalized spacial score (nSPS) is 20.8. The average molecular weight is 250 g/mol. The van der Waals surface area contributed by atoms with Crippen LogP contribution in [0.2, 0.25) is 6.04 Å². The van der Waals surface area contributed by atoms with E-state index in [1.54, 1.807) is 21.3 Å². The van der Waals surface area contributed by atoms with Crippen molar-refractivity contribution in [3.63, 3.8) is 0 Å². The molecule has 0 N–H and O–H groups in total. The molecule has 0 bridgehead atoms. The van der Waals surface area contributed by atoms with Gasteiger partial charge in [-0.1, -0.05) is 6.04 Å². The van der Waals surface area contributed by atoms with E-state index >= 15 is 0 Å². The summed E-state index contributed by atoms with van der Waals surface area (Å²) >= 11 is 0. The van der Waals surface area contributed by atoms with Crippen LogP contribution in [0, 0.1) is 0 Å². The van der Waals surface area contributed by atoms with Gasteiger partial charge in [0.25, 0.3) is 0 Å².